The molecule has 0 aliphatic heterocycles. The third kappa shape index (κ3) is 3.82. The van der Waals surface area contributed by atoms with E-state index in [0.29, 0.717) is 0 Å². The summed E-state index contributed by atoms with van der Waals surface area (Å²) >= 11 is 0. The summed E-state index contributed by atoms with van der Waals surface area (Å²) in [6.45, 7) is 0. The molecule has 0 amide bonds. The highest BCUT2D eigenvalue weighted by molar-refractivity contribution is 6.15. The van der Waals surface area contributed by atoms with Crippen LogP contribution in [-0.4, -0.2) is 0 Å². The van der Waals surface area contributed by atoms with E-state index in [1.54, 1.807) is 11.1 Å². The molecule has 4 saturated carbocycles. The SMILES string of the molecule is c1ccc(-c2ccccc2N(c2cccc3c2-c2ccccc2C32C3CC4CC(C3)CC2C4)c2cc3ccccc3c3ccccc23)cc1. The molecular weight excluding hydrogens is 591 g/mol. The average Bonchev–Trinajstić information content (AvgIpc) is 3.46. The second-order valence-corrected chi connectivity index (χ2v) is 15.3. The molecule has 0 saturated heterocycles. The van der Waals surface area contributed by atoms with E-state index < -0.39 is 0 Å². The molecule has 49 heavy (non-hydrogen) atoms. The predicted octanol–water partition coefficient (Wildman–Crippen LogP) is 12.9. The minimum Gasteiger partial charge on any atom is -0.309 e. The molecule has 0 atom stereocenters. The van der Waals surface area contributed by atoms with Crippen molar-refractivity contribution in [3.63, 3.8) is 0 Å². The van der Waals surface area contributed by atoms with E-state index in [-0.39, 0.29) is 5.41 Å². The fourth-order valence-corrected chi connectivity index (χ4v) is 11.5. The molecule has 4 bridgehead atoms. The van der Waals surface area contributed by atoms with Gasteiger partial charge in [-0.1, -0.05) is 133 Å². The van der Waals surface area contributed by atoms with Crippen LogP contribution in [-0.2, 0) is 5.41 Å². The van der Waals surface area contributed by atoms with Gasteiger partial charge in [-0.2, -0.15) is 0 Å². The summed E-state index contributed by atoms with van der Waals surface area (Å²) in [4.78, 5) is 2.63. The molecular formula is C48H39N. The molecule has 7 aromatic rings. The lowest BCUT2D eigenvalue weighted by Crippen LogP contribution is -2.55. The Morgan fingerprint density at radius 1 is 0.429 bits per heavy atom. The van der Waals surface area contributed by atoms with Crippen molar-refractivity contribution in [2.45, 2.75) is 37.5 Å². The Hall–Kier alpha value is -5.14. The summed E-state index contributed by atoms with van der Waals surface area (Å²) in [6, 6.07) is 57.2. The maximum atomic E-state index is 2.63. The molecule has 0 unspecified atom stereocenters. The summed E-state index contributed by atoms with van der Waals surface area (Å²) in [6.07, 6.45) is 7.03. The van der Waals surface area contributed by atoms with Crippen molar-refractivity contribution >= 4 is 38.6 Å². The third-order valence-electron chi connectivity index (χ3n) is 13.0. The van der Waals surface area contributed by atoms with E-state index in [1.807, 2.05) is 0 Å². The topological polar surface area (TPSA) is 3.24 Å². The van der Waals surface area contributed by atoms with Crippen LogP contribution in [0.1, 0.15) is 43.2 Å². The Labute approximate surface area is 288 Å². The number of nitrogens with zero attached hydrogens (tertiary/aromatic N) is 1. The van der Waals surface area contributed by atoms with Crippen molar-refractivity contribution in [3.05, 3.63) is 163 Å². The second-order valence-electron chi connectivity index (χ2n) is 15.3. The molecule has 0 radical (unpaired) electrons. The standard InChI is InChI=1S/C48H39N/c1-2-13-33(14-3-1)38-17-9-11-23-44(38)49(46-30-34-15-4-5-16-37(34)39-18-6-7-19-40(39)46)45-24-12-22-43-47(45)41-20-8-10-21-42(41)48(43)35-26-31-25-32(28-35)29-36(48)27-31/h1-24,30-32,35-36H,25-29H2. The van der Waals surface area contributed by atoms with Crippen LogP contribution in [0.5, 0.6) is 0 Å². The molecule has 1 nitrogen and oxygen atoms in total. The lowest BCUT2D eigenvalue weighted by Gasteiger charge is -2.61. The maximum Gasteiger partial charge on any atom is 0.0546 e. The van der Waals surface area contributed by atoms with Crippen LogP contribution in [0.15, 0.2) is 152 Å². The van der Waals surface area contributed by atoms with Crippen LogP contribution in [0.3, 0.4) is 0 Å². The molecule has 5 aliphatic carbocycles. The van der Waals surface area contributed by atoms with Gasteiger partial charge in [0.25, 0.3) is 0 Å². The van der Waals surface area contributed by atoms with Crippen molar-refractivity contribution in [3.8, 4) is 22.3 Å². The van der Waals surface area contributed by atoms with Crippen LogP contribution < -0.4 is 4.90 Å². The summed E-state index contributed by atoms with van der Waals surface area (Å²) in [5.74, 6) is 3.30. The van der Waals surface area contributed by atoms with Gasteiger partial charge in [0.2, 0.25) is 0 Å². The maximum absolute atomic E-state index is 2.63. The Morgan fingerprint density at radius 3 is 1.82 bits per heavy atom. The van der Waals surface area contributed by atoms with Gasteiger partial charge in [0.15, 0.2) is 0 Å². The zero-order valence-electron chi connectivity index (χ0n) is 27.7. The summed E-state index contributed by atoms with van der Waals surface area (Å²) in [7, 11) is 0. The Kier molecular flexibility index (Phi) is 5.91. The van der Waals surface area contributed by atoms with Crippen LogP contribution in [0.2, 0.25) is 0 Å². The Morgan fingerprint density at radius 2 is 1.02 bits per heavy atom. The largest absolute Gasteiger partial charge is 0.309 e. The predicted molar refractivity (Wildman–Crippen MR) is 205 cm³/mol. The summed E-state index contributed by atoms with van der Waals surface area (Å²) in [5.41, 5.74) is 12.4. The van der Waals surface area contributed by atoms with Crippen LogP contribution in [0, 0.1) is 23.7 Å². The number of benzene rings is 7. The fraction of sp³-hybridized carbons (Fsp3) is 0.208. The summed E-state index contributed by atoms with van der Waals surface area (Å²) < 4.78 is 0. The second kappa shape index (κ2) is 10.4. The first-order valence-corrected chi connectivity index (χ1v) is 18.4. The lowest BCUT2D eigenvalue weighted by atomic mass is 9.43. The Balaban J connectivity index is 1.25. The highest BCUT2D eigenvalue weighted by atomic mass is 15.2. The molecule has 0 aromatic heterocycles. The van der Waals surface area contributed by atoms with E-state index in [2.05, 4.69) is 157 Å². The number of fused-ring (bicyclic) bond motifs is 6. The third-order valence-corrected chi connectivity index (χ3v) is 13.0. The number of para-hydroxylation sites is 1. The molecule has 12 rings (SSSR count). The van der Waals surface area contributed by atoms with Crippen LogP contribution in [0.25, 0.3) is 43.8 Å². The van der Waals surface area contributed by atoms with Gasteiger partial charge < -0.3 is 4.90 Å². The zero-order chi connectivity index (χ0) is 32.1. The average molecular weight is 630 g/mol. The van der Waals surface area contributed by atoms with Gasteiger partial charge in [0.1, 0.15) is 0 Å². The monoisotopic (exact) mass is 629 g/mol. The molecule has 1 spiro atoms. The fourth-order valence-electron chi connectivity index (χ4n) is 11.5. The first-order valence-electron chi connectivity index (χ1n) is 18.4. The molecule has 0 heterocycles. The molecule has 236 valence electrons. The molecule has 1 heteroatoms. The van der Waals surface area contributed by atoms with Gasteiger partial charge in [-0.15, -0.1) is 0 Å². The number of anilines is 3. The molecule has 0 N–H and O–H groups in total. The van der Waals surface area contributed by atoms with Crippen molar-refractivity contribution in [1.82, 2.24) is 0 Å². The highest BCUT2D eigenvalue weighted by Gasteiger charge is 2.61. The first-order chi connectivity index (χ1) is 24.3. The number of rotatable bonds is 4. The van der Waals surface area contributed by atoms with Gasteiger partial charge in [0, 0.05) is 21.9 Å². The number of hydrogen-bond acceptors (Lipinski definition) is 1. The van der Waals surface area contributed by atoms with Gasteiger partial charge >= 0.3 is 0 Å². The van der Waals surface area contributed by atoms with Crippen molar-refractivity contribution < 1.29 is 0 Å². The van der Waals surface area contributed by atoms with E-state index in [0.717, 1.165) is 23.7 Å². The normalized spacial score (nSPS) is 24.4. The quantitative estimate of drug-likeness (QED) is 0.175. The van der Waals surface area contributed by atoms with Gasteiger partial charge in [-0.05, 0) is 112 Å². The zero-order valence-corrected chi connectivity index (χ0v) is 27.7. The van der Waals surface area contributed by atoms with E-state index in [9.17, 15) is 0 Å². The molecule has 5 aliphatic rings. The van der Waals surface area contributed by atoms with Gasteiger partial charge in [-0.25, -0.2) is 0 Å². The first kappa shape index (κ1) is 27.8. The Bertz CT molecular complexity index is 2390. The van der Waals surface area contributed by atoms with E-state index >= 15 is 0 Å². The van der Waals surface area contributed by atoms with Gasteiger partial charge in [-0.3, -0.25) is 0 Å². The molecule has 4 fully saturated rings. The molecule has 7 aromatic carbocycles. The van der Waals surface area contributed by atoms with E-state index in [1.165, 1.54) is 93.0 Å². The lowest BCUT2D eigenvalue weighted by molar-refractivity contribution is -0.0399. The highest BCUT2D eigenvalue weighted by Crippen LogP contribution is 2.70. The van der Waals surface area contributed by atoms with Crippen molar-refractivity contribution in [2.75, 3.05) is 4.90 Å². The van der Waals surface area contributed by atoms with Crippen LogP contribution in [0.4, 0.5) is 17.1 Å². The minimum absolute atomic E-state index is 0.116. The van der Waals surface area contributed by atoms with Crippen LogP contribution >= 0.6 is 0 Å². The summed E-state index contributed by atoms with van der Waals surface area (Å²) in [5, 5.41) is 5.14. The minimum atomic E-state index is 0.116. The van der Waals surface area contributed by atoms with Gasteiger partial charge in [0.05, 0.1) is 17.1 Å². The number of hydrogen-bond donors (Lipinski definition) is 0. The van der Waals surface area contributed by atoms with Crippen molar-refractivity contribution in [2.24, 2.45) is 23.7 Å². The smallest absolute Gasteiger partial charge is 0.0546 e. The van der Waals surface area contributed by atoms with Crippen molar-refractivity contribution in [1.29, 1.82) is 0 Å². The van der Waals surface area contributed by atoms with E-state index in [4.69, 9.17) is 0 Å².